The quantitative estimate of drug-likeness (QED) is 0.763. The molecule has 0 aromatic rings. The molecule has 1 saturated carbocycles. The van der Waals surface area contributed by atoms with Crippen molar-refractivity contribution in [2.24, 2.45) is 16.7 Å². The Hall–Kier alpha value is -0.340. The molecule has 0 aromatic heterocycles. The molecule has 2 atom stereocenters. The van der Waals surface area contributed by atoms with Crippen LogP contribution >= 0.6 is 23.2 Å². The van der Waals surface area contributed by atoms with Gasteiger partial charge in [0.2, 0.25) is 0 Å². The first-order valence-corrected chi connectivity index (χ1v) is 6.46. The van der Waals surface area contributed by atoms with Crippen LogP contribution in [-0.4, -0.2) is 11.6 Å². The summed E-state index contributed by atoms with van der Waals surface area (Å²) in [5.41, 5.74) is -0.773. The first kappa shape index (κ1) is 14.7. The molecule has 1 fully saturated rings. The average molecular weight is 277 g/mol. The zero-order chi connectivity index (χ0) is 13.4. The van der Waals surface area contributed by atoms with Gasteiger partial charge in [0.25, 0.3) is 0 Å². The zero-order valence-electron chi connectivity index (χ0n) is 10.6. The highest BCUT2D eigenvalue weighted by Gasteiger charge is 2.71. The maximum Gasteiger partial charge on any atom is 0.140 e. The van der Waals surface area contributed by atoms with Gasteiger partial charge in [-0.3, -0.25) is 4.79 Å². The predicted molar refractivity (Wildman–Crippen MR) is 70.1 cm³/mol. The van der Waals surface area contributed by atoms with E-state index < -0.39 is 5.41 Å². The molecule has 2 nitrogen and oxygen atoms in total. The molecule has 1 aliphatic rings. The van der Waals surface area contributed by atoms with E-state index in [1.54, 1.807) is 19.9 Å². The fourth-order valence-electron chi connectivity index (χ4n) is 3.10. The Kier molecular flexibility index (Phi) is 4.10. The summed E-state index contributed by atoms with van der Waals surface area (Å²) in [6, 6.07) is 0. The minimum Gasteiger partial charge on any atom is -0.300 e. The van der Waals surface area contributed by atoms with Crippen LogP contribution in [-0.2, 0) is 9.59 Å². The smallest absolute Gasteiger partial charge is 0.140 e. The second kappa shape index (κ2) is 4.74. The van der Waals surface area contributed by atoms with Crippen molar-refractivity contribution in [3.8, 4) is 0 Å². The summed E-state index contributed by atoms with van der Waals surface area (Å²) in [6.07, 6.45) is 2.85. The molecule has 2 unspecified atom stereocenters. The lowest BCUT2D eigenvalue weighted by Crippen LogP contribution is -2.16. The van der Waals surface area contributed by atoms with Crippen LogP contribution in [0.3, 0.4) is 0 Å². The fraction of sp³-hybridized carbons (Fsp3) is 0.692. The summed E-state index contributed by atoms with van der Waals surface area (Å²) in [4.78, 5) is 22.9. The molecule has 4 heteroatoms. The van der Waals surface area contributed by atoms with Crippen molar-refractivity contribution in [1.29, 1.82) is 0 Å². The molecule has 0 radical (unpaired) electrons. The van der Waals surface area contributed by atoms with Crippen molar-refractivity contribution >= 4 is 34.8 Å². The number of rotatable bonds is 5. The molecule has 0 N–H and O–H groups in total. The molecule has 0 bridgehead atoms. The van der Waals surface area contributed by atoms with E-state index in [4.69, 9.17) is 23.2 Å². The number of halogens is 2. The van der Waals surface area contributed by atoms with Crippen LogP contribution in [0.15, 0.2) is 10.6 Å². The Bertz CT molecular complexity index is 381. The van der Waals surface area contributed by atoms with Gasteiger partial charge in [0.15, 0.2) is 0 Å². The predicted octanol–water partition coefficient (Wildman–Crippen LogP) is 3.91. The van der Waals surface area contributed by atoms with Crippen molar-refractivity contribution in [3.05, 3.63) is 10.6 Å². The lowest BCUT2D eigenvalue weighted by Gasteiger charge is -2.11. The number of hydrogen-bond donors (Lipinski definition) is 0. The molecule has 1 aliphatic carbocycles. The lowest BCUT2D eigenvalue weighted by atomic mass is 9.92. The Morgan fingerprint density at radius 2 is 1.76 bits per heavy atom. The van der Waals surface area contributed by atoms with Gasteiger partial charge >= 0.3 is 0 Å². The zero-order valence-corrected chi connectivity index (χ0v) is 12.2. The third kappa shape index (κ3) is 2.43. The van der Waals surface area contributed by atoms with E-state index in [1.807, 2.05) is 13.8 Å². The highest BCUT2D eigenvalue weighted by molar-refractivity contribution is 6.56. The normalized spacial score (nSPS) is 29.6. The second-order valence-corrected chi connectivity index (χ2v) is 6.38. The first-order valence-electron chi connectivity index (χ1n) is 5.70. The summed E-state index contributed by atoms with van der Waals surface area (Å²) < 4.78 is 0.124. The molecule has 0 amide bonds. The van der Waals surface area contributed by atoms with Gasteiger partial charge in [0.1, 0.15) is 16.1 Å². The molecule has 1 rings (SSSR count). The van der Waals surface area contributed by atoms with Gasteiger partial charge < -0.3 is 4.79 Å². The van der Waals surface area contributed by atoms with Crippen LogP contribution < -0.4 is 0 Å². The van der Waals surface area contributed by atoms with E-state index >= 15 is 0 Å². The molecule has 17 heavy (non-hydrogen) atoms. The number of Topliss-reactive ketones (excluding diaryl/α,β-unsaturated/α-hetero) is 2. The largest absolute Gasteiger partial charge is 0.300 e. The lowest BCUT2D eigenvalue weighted by molar-refractivity contribution is -0.122. The van der Waals surface area contributed by atoms with Crippen LogP contribution in [0, 0.1) is 16.7 Å². The van der Waals surface area contributed by atoms with E-state index in [1.165, 1.54) is 0 Å². The second-order valence-electron chi connectivity index (χ2n) is 5.37. The van der Waals surface area contributed by atoms with Gasteiger partial charge in [0, 0.05) is 6.42 Å². The summed E-state index contributed by atoms with van der Waals surface area (Å²) >= 11 is 11.4. The third-order valence-corrected chi connectivity index (χ3v) is 4.33. The summed E-state index contributed by atoms with van der Waals surface area (Å²) in [5, 5.41) is 0. The van der Waals surface area contributed by atoms with Crippen LogP contribution in [0.25, 0.3) is 0 Å². The Morgan fingerprint density at radius 1 is 1.24 bits per heavy atom. The van der Waals surface area contributed by atoms with Crippen LogP contribution in [0.5, 0.6) is 0 Å². The van der Waals surface area contributed by atoms with Crippen LogP contribution in [0.2, 0.25) is 0 Å². The Labute approximate surface area is 112 Å². The molecule has 0 aromatic carbocycles. The monoisotopic (exact) mass is 276 g/mol. The van der Waals surface area contributed by atoms with Crippen LogP contribution in [0.1, 0.15) is 40.5 Å². The van der Waals surface area contributed by atoms with E-state index in [2.05, 4.69) is 0 Å². The molecule has 0 saturated heterocycles. The molecule has 0 heterocycles. The van der Waals surface area contributed by atoms with Gasteiger partial charge in [-0.15, -0.1) is 0 Å². The Balaban J connectivity index is 2.97. The minimum absolute atomic E-state index is 0.0647. The van der Waals surface area contributed by atoms with Gasteiger partial charge in [0.05, 0.1) is 5.41 Å². The van der Waals surface area contributed by atoms with E-state index in [0.717, 1.165) is 0 Å². The standard InChI is InChI=1S/C13H18Cl2O2/c1-8(16)5-6-10-12(3,4)13(10,9(2)17)7-11(14)15/h7,10H,5-6H2,1-4H3. The van der Waals surface area contributed by atoms with E-state index in [9.17, 15) is 9.59 Å². The van der Waals surface area contributed by atoms with Crippen molar-refractivity contribution < 1.29 is 9.59 Å². The Morgan fingerprint density at radius 3 is 2.12 bits per heavy atom. The summed E-state index contributed by atoms with van der Waals surface area (Å²) in [5.74, 6) is 0.352. The van der Waals surface area contributed by atoms with Crippen molar-refractivity contribution in [3.63, 3.8) is 0 Å². The molecular formula is C13H18Cl2O2. The fourth-order valence-corrected chi connectivity index (χ4v) is 3.45. The third-order valence-electron chi connectivity index (χ3n) is 4.11. The first-order chi connectivity index (χ1) is 7.66. The maximum absolute atomic E-state index is 11.9. The summed E-state index contributed by atoms with van der Waals surface area (Å²) in [6.45, 7) is 7.16. The number of allylic oxidation sites excluding steroid dienone is 1. The van der Waals surface area contributed by atoms with Gasteiger partial charge in [-0.25, -0.2) is 0 Å². The van der Waals surface area contributed by atoms with Gasteiger partial charge in [-0.05, 0) is 37.7 Å². The van der Waals surface area contributed by atoms with E-state index in [0.29, 0.717) is 12.8 Å². The number of hydrogen-bond acceptors (Lipinski definition) is 2. The minimum atomic E-state index is -0.596. The average Bonchev–Trinajstić information content (AvgIpc) is 2.59. The van der Waals surface area contributed by atoms with E-state index in [-0.39, 0.29) is 27.4 Å². The van der Waals surface area contributed by atoms with Gasteiger partial charge in [-0.2, -0.15) is 0 Å². The molecular weight excluding hydrogens is 259 g/mol. The maximum atomic E-state index is 11.9. The van der Waals surface area contributed by atoms with Crippen molar-refractivity contribution in [2.75, 3.05) is 0 Å². The van der Waals surface area contributed by atoms with Crippen molar-refractivity contribution in [1.82, 2.24) is 0 Å². The highest BCUT2D eigenvalue weighted by atomic mass is 35.5. The van der Waals surface area contributed by atoms with Crippen molar-refractivity contribution in [2.45, 2.75) is 40.5 Å². The highest BCUT2D eigenvalue weighted by Crippen LogP contribution is 2.72. The van der Waals surface area contributed by atoms with Crippen LogP contribution in [0.4, 0.5) is 0 Å². The number of carbonyl (C=O) groups is 2. The topological polar surface area (TPSA) is 34.1 Å². The summed E-state index contributed by atoms with van der Waals surface area (Å²) in [7, 11) is 0. The number of ketones is 2. The molecule has 0 spiro atoms. The molecule has 0 aliphatic heterocycles. The molecule has 96 valence electrons. The van der Waals surface area contributed by atoms with Gasteiger partial charge in [-0.1, -0.05) is 37.0 Å². The number of carbonyl (C=O) groups excluding carboxylic acids is 2. The SMILES string of the molecule is CC(=O)CCC1C(C)(C)C1(C=C(Cl)Cl)C(C)=O.